The summed E-state index contributed by atoms with van der Waals surface area (Å²) in [7, 11) is 0. The number of ether oxygens (including phenoxy) is 3. The zero-order valence-corrected chi connectivity index (χ0v) is 53.0. The summed E-state index contributed by atoms with van der Waals surface area (Å²) in [4.78, 5) is 38.3. The van der Waals surface area contributed by atoms with Gasteiger partial charge in [0.2, 0.25) is 0 Å². The van der Waals surface area contributed by atoms with E-state index >= 15 is 0 Å². The van der Waals surface area contributed by atoms with Gasteiger partial charge in [-0.05, 0) is 89.9 Å². The molecule has 0 fully saturated rings. The lowest BCUT2D eigenvalue weighted by Crippen LogP contribution is -2.30. The van der Waals surface area contributed by atoms with Crippen LogP contribution in [0.3, 0.4) is 0 Å². The first-order chi connectivity index (χ1) is 40.0. The Bertz CT molecular complexity index is 1670. The molecule has 0 N–H and O–H groups in total. The molecule has 0 heterocycles. The van der Waals surface area contributed by atoms with Crippen molar-refractivity contribution in [1.29, 1.82) is 0 Å². The molecule has 6 nitrogen and oxygen atoms in total. The van der Waals surface area contributed by atoms with Gasteiger partial charge in [-0.15, -0.1) is 0 Å². The number of carbonyl (C=O) groups excluding carboxylic acids is 3. The highest BCUT2D eigenvalue weighted by Gasteiger charge is 2.19. The lowest BCUT2D eigenvalue weighted by molar-refractivity contribution is -0.166. The monoisotopic (exact) mass is 1120 g/mol. The zero-order valence-electron chi connectivity index (χ0n) is 53.0. The summed E-state index contributed by atoms with van der Waals surface area (Å²) in [6.07, 6.45) is 95.4. The van der Waals surface area contributed by atoms with Gasteiger partial charge in [0.1, 0.15) is 13.2 Å². The average molecular weight is 1120 g/mol. The number of rotatable bonds is 61. The number of esters is 3. The Kier molecular flexibility index (Phi) is 64.8. The summed E-state index contributed by atoms with van der Waals surface area (Å²) in [5.41, 5.74) is 0. The molecule has 0 aromatic carbocycles. The number of unbranched alkanes of at least 4 members (excludes halogenated alkanes) is 31. The molecule has 1 unspecified atom stereocenters. The molecule has 462 valence electrons. The normalized spacial score (nSPS) is 12.9. The van der Waals surface area contributed by atoms with Crippen molar-refractivity contribution in [3.63, 3.8) is 0 Å². The van der Waals surface area contributed by atoms with E-state index in [-0.39, 0.29) is 31.6 Å². The molecule has 0 saturated heterocycles. The van der Waals surface area contributed by atoms with Crippen LogP contribution in [0.5, 0.6) is 0 Å². The summed E-state index contributed by atoms with van der Waals surface area (Å²) in [6.45, 7) is 6.36. The molecule has 0 bridgehead atoms. The molecule has 6 heteroatoms. The van der Waals surface area contributed by atoms with Crippen LogP contribution in [-0.2, 0) is 28.6 Å². The summed E-state index contributed by atoms with van der Waals surface area (Å²) < 4.78 is 16.8. The molecular formula is C75H126O6. The Labute approximate surface area is 501 Å². The van der Waals surface area contributed by atoms with Gasteiger partial charge in [-0.1, -0.05) is 328 Å². The number of allylic oxidation sites excluding steroid dienone is 19. The first-order valence-corrected chi connectivity index (χ1v) is 34.0. The third-order valence-corrected chi connectivity index (χ3v) is 14.5. The highest BCUT2D eigenvalue weighted by molar-refractivity contribution is 5.72. The summed E-state index contributed by atoms with van der Waals surface area (Å²) in [5.74, 6) is -1.03. The Hall–Kier alpha value is -4.19. The fraction of sp³-hybridized carbons (Fsp3) is 0.693. The van der Waals surface area contributed by atoms with Crippen molar-refractivity contribution in [1.82, 2.24) is 0 Å². The molecule has 0 rings (SSSR count). The molecule has 0 aliphatic carbocycles. The van der Waals surface area contributed by atoms with Crippen LogP contribution in [0.4, 0.5) is 0 Å². The van der Waals surface area contributed by atoms with E-state index in [4.69, 9.17) is 14.2 Å². The van der Waals surface area contributed by atoms with Gasteiger partial charge in [-0.2, -0.15) is 0 Å². The van der Waals surface area contributed by atoms with Crippen molar-refractivity contribution in [2.45, 2.75) is 322 Å². The van der Waals surface area contributed by atoms with Crippen molar-refractivity contribution in [3.8, 4) is 0 Å². The van der Waals surface area contributed by atoms with Crippen molar-refractivity contribution in [2.75, 3.05) is 13.2 Å². The van der Waals surface area contributed by atoms with E-state index in [1.54, 1.807) is 6.08 Å². The van der Waals surface area contributed by atoms with Crippen LogP contribution in [0.1, 0.15) is 316 Å². The minimum Gasteiger partial charge on any atom is -0.462 e. The standard InChI is InChI=1S/C75H126O6/c1-4-7-10-13-16-19-22-25-28-30-31-32-33-34-35-36-37-38-39-40-41-42-43-45-47-50-53-56-59-62-65-68-74(77)80-71-72(70-79-73(76)67-64-61-58-55-52-49-46-27-24-21-18-15-12-9-6-3)81-75(78)69-66-63-60-57-54-51-48-44-29-26-23-20-17-14-11-8-5-2/h7,9-10,12,16,18-19,21,25,27-28,31-32,34-35,46,52,55,61,64,72H,4-6,8,11,13-15,17,20,22-24,26,29-30,33,36-45,47-51,53-54,56-60,62-63,65-71H2,1-3H3/b10-7-,12-9-,19-16-,21-18-,28-25-,32-31-,35-34-,46-27-,55-52-,64-61-. The first-order valence-electron chi connectivity index (χ1n) is 34.0. The van der Waals surface area contributed by atoms with Crippen LogP contribution >= 0.6 is 0 Å². The SMILES string of the molecule is CC/C=C\C/C=C\C/C=C\C/C=C\C/C=C\CCCCCCCCCCCCCCCCCC(=O)OCC(COC(=O)C/C=C\C/C=C\C/C=C\C/C=C\C/C=C\CC)OC(=O)CCCCCCCCCCCCCCCCCCC. The van der Waals surface area contributed by atoms with Crippen LogP contribution < -0.4 is 0 Å². The number of hydrogen-bond acceptors (Lipinski definition) is 6. The van der Waals surface area contributed by atoms with Crippen molar-refractivity contribution in [3.05, 3.63) is 122 Å². The maximum absolute atomic E-state index is 12.9. The summed E-state index contributed by atoms with van der Waals surface area (Å²) in [5, 5.41) is 0. The van der Waals surface area contributed by atoms with Crippen LogP contribution in [0.2, 0.25) is 0 Å². The minimum absolute atomic E-state index is 0.106. The maximum Gasteiger partial charge on any atom is 0.309 e. The molecular weight excluding hydrogens is 997 g/mol. The van der Waals surface area contributed by atoms with E-state index in [1.807, 2.05) is 6.08 Å². The fourth-order valence-corrected chi connectivity index (χ4v) is 9.49. The van der Waals surface area contributed by atoms with Crippen LogP contribution in [0.15, 0.2) is 122 Å². The third kappa shape index (κ3) is 66.5. The van der Waals surface area contributed by atoms with E-state index in [1.165, 1.54) is 173 Å². The van der Waals surface area contributed by atoms with Gasteiger partial charge in [-0.3, -0.25) is 14.4 Å². The molecule has 0 aliphatic rings. The predicted octanol–water partition coefficient (Wildman–Crippen LogP) is 23.6. The molecule has 0 aromatic heterocycles. The quantitative estimate of drug-likeness (QED) is 0.0261. The predicted molar refractivity (Wildman–Crippen MR) is 353 cm³/mol. The zero-order chi connectivity index (χ0) is 58.5. The smallest absolute Gasteiger partial charge is 0.309 e. The largest absolute Gasteiger partial charge is 0.462 e. The Morgan fingerprint density at radius 1 is 0.272 bits per heavy atom. The number of carbonyl (C=O) groups is 3. The molecule has 0 radical (unpaired) electrons. The van der Waals surface area contributed by atoms with Crippen molar-refractivity contribution < 1.29 is 28.6 Å². The van der Waals surface area contributed by atoms with Gasteiger partial charge < -0.3 is 14.2 Å². The highest BCUT2D eigenvalue weighted by Crippen LogP contribution is 2.17. The van der Waals surface area contributed by atoms with Gasteiger partial charge in [-0.25, -0.2) is 0 Å². The van der Waals surface area contributed by atoms with E-state index < -0.39 is 12.1 Å². The van der Waals surface area contributed by atoms with Crippen LogP contribution in [0.25, 0.3) is 0 Å². The first kappa shape index (κ1) is 76.8. The summed E-state index contributed by atoms with van der Waals surface area (Å²) in [6, 6.07) is 0. The molecule has 0 amide bonds. The minimum atomic E-state index is -0.819. The van der Waals surface area contributed by atoms with Gasteiger partial charge in [0, 0.05) is 12.8 Å². The molecule has 0 spiro atoms. The van der Waals surface area contributed by atoms with E-state index in [0.717, 1.165) is 103 Å². The van der Waals surface area contributed by atoms with Crippen molar-refractivity contribution >= 4 is 17.9 Å². The highest BCUT2D eigenvalue weighted by atomic mass is 16.6. The Morgan fingerprint density at radius 2 is 0.531 bits per heavy atom. The second-order valence-corrected chi connectivity index (χ2v) is 22.3. The van der Waals surface area contributed by atoms with E-state index in [2.05, 4.69) is 130 Å². The summed E-state index contributed by atoms with van der Waals surface area (Å²) >= 11 is 0. The number of hydrogen-bond donors (Lipinski definition) is 0. The molecule has 81 heavy (non-hydrogen) atoms. The second kappa shape index (κ2) is 68.3. The van der Waals surface area contributed by atoms with Gasteiger partial charge in [0.15, 0.2) is 6.10 Å². The van der Waals surface area contributed by atoms with Gasteiger partial charge >= 0.3 is 17.9 Å². The molecule has 0 aliphatic heterocycles. The molecule has 0 saturated carbocycles. The Balaban J connectivity index is 4.29. The van der Waals surface area contributed by atoms with E-state index in [0.29, 0.717) is 12.8 Å². The van der Waals surface area contributed by atoms with Crippen LogP contribution in [0, 0.1) is 0 Å². The average Bonchev–Trinajstić information content (AvgIpc) is 3.47. The maximum atomic E-state index is 12.9. The van der Waals surface area contributed by atoms with Gasteiger partial charge in [0.25, 0.3) is 0 Å². The topological polar surface area (TPSA) is 78.9 Å². The van der Waals surface area contributed by atoms with Crippen molar-refractivity contribution in [2.24, 2.45) is 0 Å². The van der Waals surface area contributed by atoms with Crippen LogP contribution in [-0.4, -0.2) is 37.2 Å². The second-order valence-electron chi connectivity index (χ2n) is 22.3. The third-order valence-electron chi connectivity index (χ3n) is 14.5. The molecule has 0 aromatic rings. The van der Waals surface area contributed by atoms with E-state index in [9.17, 15) is 14.4 Å². The Morgan fingerprint density at radius 3 is 0.864 bits per heavy atom. The van der Waals surface area contributed by atoms with Gasteiger partial charge in [0.05, 0.1) is 6.42 Å². The lowest BCUT2D eigenvalue weighted by Gasteiger charge is -2.18. The lowest BCUT2D eigenvalue weighted by atomic mass is 10.0. The fourth-order valence-electron chi connectivity index (χ4n) is 9.49. The molecule has 1 atom stereocenters.